The van der Waals surface area contributed by atoms with E-state index in [1.807, 2.05) is 7.05 Å². The minimum Gasteiger partial charge on any atom is -0.321 e. The topological polar surface area (TPSA) is 78.4 Å². The summed E-state index contributed by atoms with van der Waals surface area (Å²) in [6.07, 6.45) is 1.23. The molecule has 0 amide bonds. The molecule has 0 saturated heterocycles. The summed E-state index contributed by atoms with van der Waals surface area (Å²) < 4.78 is 24.0. The molecule has 0 aromatic carbocycles. The van der Waals surface area contributed by atoms with Gasteiger partial charge in [-0.2, -0.15) is 0 Å². The molecule has 2 N–H and O–H groups in total. The first-order chi connectivity index (χ1) is 4.15. The number of hydrogen-bond acceptors (Lipinski definition) is 4. The molecule has 0 unspecified atom stereocenters. The van der Waals surface area contributed by atoms with Gasteiger partial charge < -0.3 is 14.6 Å². The highest BCUT2D eigenvalue weighted by molar-refractivity contribution is 4.28. The molecule has 0 bridgehead atoms. The molecule has 58 valence electrons. The van der Waals surface area contributed by atoms with Gasteiger partial charge in [-0.3, -0.25) is 0 Å². The van der Waals surface area contributed by atoms with Crippen LogP contribution in [-0.2, 0) is 0 Å². The molecule has 0 fully saturated rings. The van der Waals surface area contributed by atoms with Crippen LogP contribution in [0.4, 0.5) is 0 Å². The lowest BCUT2D eigenvalue weighted by Gasteiger charge is -1.84. The lowest BCUT2D eigenvalue weighted by atomic mass is 10.5. The molecule has 0 aliphatic heterocycles. The minimum absolute atomic E-state index is 1.14. The van der Waals surface area contributed by atoms with E-state index >= 15 is 0 Å². The molecule has 0 radical (unpaired) electrons. The number of rotatable bonds is 2. The molecule has 0 spiro atoms. The van der Waals surface area contributed by atoms with Crippen molar-refractivity contribution in [3.8, 4) is 0 Å². The Morgan fingerprint density at radius 1 is 1.56 bits per heavy atom. The highest BCUT2D eigenvalue weighted by Gasteiger charge is 1.79. The minimum atomic E-state index is -2.60. The third kappa shape index (κ3) is 67.3. The van der Waals surface area contributed by atoms with Crippen LogP contribution < -0.4 is 14.6 Å². The van der Waals surface area contributed by atoms with Crippen LogP contribution in [0.15, 0.2) is 0 Å². The summed E-state index contributed by atoms with van der Waals surface area (Å²) in [6.45, 7) is 3.29. The molecule has 0 aliphatic carbocycles. The zero-order valence-corrected chi connectivity index (χ0v) is 6.31. The van der Waals surface area contributed by atoms with Crippen LogP contribution in [-0.4, -0.2) is 18.3 Å². The Morgan fingerprint density at radius 2 is 1.89 bits per heavy atom. The largest absolute Gasteiger partial charge is 0.321 e. The first kappa shape index (κ1) is 11.9. The van der Waals surface area contributed by atoms with Crippen LogP contribution in [0.25, 0.3) is 0 Å². The SMILES string of the molecule is CCCNC.[O-][Cl+2]([O-])O. The van der Waals surface area contributed by atoms with Gasteiger partial charge in [0.2, 0.25) is 0 Å². The molecular weight excluding hydrogens is 146 g/mol. The fraction of sp³-hybridized carbons (Fsp3) is 1.00. The summed E-state index contributed by atoms with van der Waals surface area (Å²) in [5.74, 6) is 0. The van der Waals surface area contributed by atoms with Gasteiger partial charge in [-0.05, 0) is 20.0 Å². The number of halogens is 1. The van der Waals surface area contributed by atoms with Crippen LogP contribution in [0.3, 0.4) is 0 Å². The van der Waals surface area contributed by atoms with Gasteiger partial charge in [0, 0.05) is 4.66 Å². The smallest absolute Gasteiger partial charge is 0.282 e. The summed E-state index contributed by atoms with van der Waals surface area (Å²) in [5.41, 5.74) is 0. The van der Waals surface area contributed by atoms with E-state index in [1.165, 1.54) is 6.42 Å². The first-order valence-electron chi connectivity index (χ1n) is 2.54. The van der Waals surface area contributed by atoms with E-state index < -0.39 is 10.8 Å². The molecule has 0 aliphatic rings. The van der Waals surface area contributed by atoms with Gasteiger partial charge in [0.05, 0.1) is 0 Å². The maximum Gasteiger partial charge on any atom is 0.282 e. The van der Waals surface area contributed by atoms with E-state index in [4.69, 9.17) is 14.0 Å². The molecule has 0 atom stereocenters. The van der Waals surface area contributed by atoms with Gasteiger partial charge in [0.1, 0.15) is 0 Å². The second-order valence-corrected chi connectivity index (χ2v) is 1.71. The van der Waals surface area contributed by atoms with Crippen molar-refractivity contribution in [3.05, 3.63) is 0 Å². The van der Waals surface area contributed by atoms with E-state index in [0.29, 0.717) is 0 Å². The van der Waals surface area contributed by atoms with Crippen molar-refractivity contribution in [2.75, 3.05) is 13.6 Å². The van der Waals surface area contributed by atoms with Gasteiger partial charge in [-0.1, -0.05) is 6.92 Å². The summed E-state index contributed by atoms with van der Waals surface area (Å²) in [5, 5.41) is 3.02. The highest BCUT2D eigenvalue weighted by atomic mass is 35.6. The second kappa shape index (κ2) is 11.0. The van der Waals surface area contributed by atoms with E-state index in [9.17, 15) is 0 Å². The Kier molecular flexibility index (Phi) is 14.5. The van der Waals surface area contributed by atoms with E-state index in [1.54, 1.807) is 0 Å². The number of hydrogen-bond donors (Lipinski definition) is 2. The molecule has 9 heavy (non-hydrogen) atoms. The van der Waals surface area contributed by atoms with Gasteiger partial charge in [-0.25, -0.2) is 0 Å². The number of nitrogens with one attached hydrogen (secondary N) is 1. The third-order valence-electron chi connectivity index (χ3n) is 0.500. The van der Waals surface area contributed by atoms with Crippen molar-refractivity contribution in [2.24, 2.45) is 0 Å². The summed E-state index contributed by atoms with van der Waals surface area (Å²) in [6, 6.07) is 0. The Hall–Kier alpha value is 0.130. The van der Waals surface area contributed by atoms with E-state index in [0.717, 1.165) is 6.54 Å². The van der Waals surface area contributed by atoms with Crippen molar-refractivity contribution in [3.63, 3.8) is 0 Å². The Morgan fingerprint density at radius 3 is 1.89 bits per heavy atom. The van der Waals surface area contributed by atoms with Crippen LogP contribution in [0.5, 0.6) is 0 Å². The lowest BCUT2D eigenvalue weighted by Crippen LogP contribution is -2.30. The molecule has 4 nitrogen and oxygen atoms in total. The normalized spacial score (nSPS) is 8.67. The van der Waals surface area contributed by atoms with Gasteiger partial charge in [0.15, 0.2) is 0 Å². The molecule has 5 heteroatoms. The maximum absolute atomic E-state index is 8.52. The fourth-order valence-corrected chi connectivity index (χ4v) is 0.250. The molecule has 0 rings (SSSR count). The molecule has 0 aromatic heterocycles. The van der Waals surface area contributed by atoms with Crippen molar-refractivity contribution < 1.29 is 24.8 Å². The van der Waals surface area contributed by atoms with E-state index in [2.05, 4.69) is 12.2 Å². The van der Waals surface area contributed by atoms with Crippen LogP contribution in [0, 0.1) is 10.8 Å². The molecule has 0 aromatic rings. The molecular formula is C4H12ClNO3. The van der Waals surface area contributed by atoms with Gasteiger partial charge in [0.25, 0.3) is 10.8 Å². The van der Waals surface area contributed by atoms with Crippen LogP contribution >= 0.6 is 0 Å². The Bertz CT molecular complexity index is 40.0. The van der Waals surface area contributed by atoms with E-state index in [-0.39, 0.29) is 0 Å². The van der Waals surface area contributed by atoms with Gasteiger partial charge >= 0.3 is 0 Å². The van der Waals surface area contributed by atoms with Gasteiger partial charge in [-0.15, -0.1) is 0 Å². The zero-order chi connectivity index (χ0) is 7.70. The van der Waals surface area contributed by atoms with Crippen molar-refractivity contribution in [1.29, 1.82) is 0 Å². The quantitative estimate of drug-likeness (QED) is 0.472. The summed E-state index contributed by atoms with van der Waals surface area (Å²) >= 11 is 0. The standard InChI is InChI=1S/C4H11N.ClHO3/c1-3-4-5-2;2-1(3)4/h5H,3-4H2,1-2H3;2H. The van der Waals surface area contributed by atoms with Crippen molar-refractivity contribution >= 4 is 0 Å². The van der Waals surface area contributed by atoms with Crippen LogP contribution in [0.2, 0.25) is 0 Å². The average molecular weight is 158 g/mol. The first-order valence-corrected chi connectivity index (χ1v) is 3.49. The predicted octanol–water partition coefficient (Wildman–Crippen LogP) is -2.32. The molecule has 0 saturated carbocycles. The average Bonchev–Trinajstić information content (AvgIpc) is 1.66. The monoisotopic (exact) mass is 157 g/mol. The molecule has 0 heterocycles. The fourth-order valence-electron chi connectivity index (χ4n) is 0.250. The predicted molar refractivity (Wildman–Crippen MR) is 26.4 cm³/mol. The summed E-state index contributed by atoms with van der Waals surface area (Å²) in [4.78, 5) is 0. The van der Waals surface area contributed by atoms with Crippen molar-refractivity contribution in [1.82, 2.24) is 5.32 Å². The summed E-state index contributed by atoms with van der Waals surface area (Å²) in [7, 11) is -0.640. The Labute approximate surface area is 57.9 Å². The maximum atomic E-state index is 8.52. The lowest BCUT2D eigenvalue weighted by molar-refractivity contribution is -1.63. The zero-order valence-electron chi connectivity index (χ0n) is 5.56. The van der Waals surface area contributed by atoms with Crippen molar-refractivity contribution in [2.45, 2.75) is 13.3 Å². The highest BCUT2D eigenvalue weighted by Crippen LogP contribution is 1.62. The second-order valence-electron chi connectivity index (χ2n) is 1.30. The van der Waals surface area contributed by atoms with Crippen LogP contribution in [0.1, 0.15) is 13.3 Å². The Balaban J connectivity index is 0. The third-order valence-corrected chi connectivity index (χ3v) is 0.500.